The van der Waals surface area contributed by atoms with Crippen molar-refractivity contribution < 1.29 is 4.74 Å². The van der Waals surface area contributed by atoms with Crippen LogP contribution in [0.3, 0.4) is 0 Å². The van der Waals surface area contributed by atoms with Gasteiger partial charge >= 0.3 is 0 Å². The Bertz CT molecular complexity index is 1090. The minimum atomic E-state index is 0.609. The van der Waals surface area contributed by atoms with Crippen molar-refractivity contribution >= 4 is 28.2 Å². The standard InChI is InChI=1S/C20H22N6O/c1-25-18-6-5-16(12-15(18)13-21-25)22-20-23-19-4-2-3-17(26(19)24-20)11-14-7-9-27-10-8-14/h2-6,12-14H,7-11H2,1H3,(H,22,24). The van der Waals surface area contributed by atoms with Crippen LogP contribution in [-0.2, 0) is 18.2 Å². The van der Waals surface area contributed by atoms with E-state index in [9.17, 15) is 0 Å². The van der Waals surface area contributed by atoms with Gasteiger partial charge in [-0.3, -0.25) is 4.68 Å². The minimum Gasteiger partial charge on any atom is -0.381 e. The summed E-state index contributed by atoms with van der Waals surface area (Å²) in [4.78, 5) is 4.64. The highest BCUT2D eigenvalue weighted by atomic mass is 16.5. The van der Waals surface area contributed by atoms with E-state index in [-0.39, 0.29) is 0 Å². The summed E-state index contributed by atoms with van der Waals surface area (Å²) in [7, 11) is 1.94. The summed E-state index contributed by atoms with van der Waals surface area (Å²) in [5, 5.41) is 13.4. The van der Waals surface area contributed by atoms with Gasteiger partial charge in [-0.05, 0) is 55.5 Å². The molecule has 4 aromatic rings. The molecule has 1 aromatic carbocycles. The third-order valence-corrected chi connectivity index (χ3v) is 5.28. The van der Waals surface area contributed by atoms with Crippen LogP contribution in [0, 0.1) is 5.92 Å². The van der Waals surface area contributed by atoms with E-state index in [0.717, 1.165) is 54.7 Å². The smallest absolute Gasteiger partial charge is 0.247 e. The van der Waals surface area contributed by atoms with Gasteiger partial charge in [0.15, 0.2) is 5.65 Å². The lowest BCUT2D eigenvalue weighted by Gasteiger charge is -2.21. The largest absolute Gasteiger partial charge is 0.381 e. The molecule has 5 rings (SSSR count). The summed E-state index contributed by atoms with van der Waals surface area (Å²) in [5.74, 6) is 1.26. The maximum atomic E-state index is 5.48. The van der Waals surface area contributed by atoms with E-state index in [1.807, 2.05) is 34.6 Å². The Morgan fingerprint density at radius 3 is 2.96 bits per heavy atom. The average molecular weight is 362 g/mol. The van der Waals surface area contributed by atoms with Gasteiger partial charge in [-0.2, -0.15) is 10.1 Å². The molecule has 7 nitrogen and oxygen atoms in total. The Kier molecular flexibility index (Phi) is 4.01. The Morgan fingerprint density at radius 2 is 2.07 bits per heavy atom. The first-order valence-corrected chi connectivity index (χ1v) is 9.37. The molecule has 1 aliphatic rings. The molecule has 1 aliphatic heterocycles. The van der Waals surface area contributed by atoms with Crippen LogP contribution in [0.15, 0.2) is 42.6 Å². The number of pyridine rings is 1. The van der Waals surface area contributed by atoms with Crippen molar-refractivity contribution in [1.82, 2.24) is 24.4 Å². The van der Waals surface area contributed by atoms with Gasteiger partial charge in [0.05, 0.1) is 11.7 Å². The van der Waals surface area contributed by atoms with Crippen LogP contribution in [0.1, 0.15) is 18.5 Å². The molecule has 27 heavy (non-hydrogen) atoms. The molecular weight excluding hydrogens is 340 g/mol. The van der Waals surface area contributed by atoms with Crippen LogP contribution in [0.4, 0.5) is 11.6 Å². The topological polar surface area (TPSA) is 69.3 Å². The quantitative estimate of drug-likeness (QED) is 0.603. The van der Waals surface area contributed by atoms with E-state index < -0.39 is 0 Å². The highest BCUT2D eigenvalue weighted by Crippen LogP contribution is 2.23. The van der Waals surface area contributed by atoms with Gasteiger partial charge in [-0.1, -0.05) is 6.07 Å². The molecular formula is C20H22N6O. The number of anilines is 2. The molecule has 0 spiro atoms. The van der Waals surface area contributed by atoms with Crippen molar-refractivity contribution in [2.24, 2.45) is 13.0 Å². The molecule has 1 saturated heterocycles. The summed E-state index contributed by atoms with van der Waals surface area (Å²) in [5.41, 5.74) is 4.12. The molecule has 1 N–H and O–H groups in total. The Hall–Kier alpha value is -2.93. The van der Waals surface area contributed by atoms with Crippen molar-refractivity contribution in [2.75, 3.05) is 18.5 Å². The third kappa shape index (κ3) is 3.14. The van der Waals surface area contributed by atoms with Crippen LogP contribution in [0.25, 0.3) is 16.6 Å². The van der Waals surface area contributed by atoms with E-state index in [2.05, 4.69) is 39.7 Å². The molecule has 1 fully saturated rings. The molecule has 0 saturated carbocycles. The van der Waals surface area contributed by atoms with Crippen LogP contribution >= 0.6 is 0 Å². The molecule has 138 valence electrons. The maximum absolute atomic E-state index is 5.48. The fourth-order valence-corrected chi connectivity index (χ4v) is 3.78. The van der Waals surface area contributed by atoms with Gasteiger partial charge in [-0.15, -0.1) is 5.10 Å². The van der Waals surface area contributed by atoms with Crippen molar-refractivity contribution in [3.8, 4) is 0 Å². The van der Waals surface area contributed by atoms with Gasteiger partial charge < -0.3 is 10.1 Å². The predicted molar refractivity (Wildman–Crippen MR) is 104 cm³/mol. The van der Waals surface area contributed by atoms with Gasteiger partial charge in [0, 0.05) is 37.0 Å². The Labute approximate surface area is 157 Å². The third-order valence-electron chi connectivity index (χ3n) is 5.28. The Morgan fingerprint density at radius 1 is 1.19 bits per heavy atom. The lowest BCUT2D eigenvalue weighted by molar-refractivity contribution is 0.0661. The zero-order chi connectivity index (χ0) is 18.2. The zero-order valence-corrected chi connectivity index (χ0v) is 15.3. The summed E-state index contributed by atoms with van der Waals surface area (Å²) < 4.78 is 9.30. The molecule has 0 unspecified atom stereocenters. The first-order chi connectivity index (χ1) is 13.3. The number of nitrogens with zero attached hydrogens (tertiary/aromatic N) is 5. The molecule has 0 aliphatic carbocycles. The van der Waals surface area contributed by atoms with E-state index in [1.165, 1.54) is 5.69 Å². The molecule has 4 heterocycles. The van der Waals surface area contributed by atoms with Gasteiger partial charge in [-0.25, -0.2) is 4.52 Å². The fraction of sp³-hybridized carbons (Fsp3) is 0.350. The van der Waals surface area contributed by atoms with Crippen molar-refractivity contribution in [1.29, 1.82) is 0 Å². The van der Waals surface area contributed by atoms with Gasteiger partial charge in [0.25, 0.3) is 0 Å². The van der Waals surface area contributed by atoms with Gasteiger partial charge in [0.1, 0.15) is 0 Å². The molecule has 0 bridgehead atoms. The number of hydrogen-bond acceptors (Lipinski definition) is 5. The number of fused-ring (bicyclic) bond motifs is 2. The number of hydrogen-bond donors (Lipinski definition) is 1. The second-order valence-electron chi connectivity index (χ2n) is 7.15. The van der Waals surface area contributed by atoms with Crippen molar-refractivity contribution in [2.45, 2.75) is 19.3 Å². The number of nitrogens with one attached hydrogen (secondary N) is 1. The number of aromatic nitrogens is 5. The SMILES string of the molecule is Cn1ncc2cc(Nc3nc4cccc(CC5CCOCC5)n4n3)ccc21. The lowest BCUT2D eigenvalue weighted by Crippen LogP contribution is -2.18. The zero-order valence-electron chi connectivity index (χ0n) is 15.3. The van der Waals surface area contributed by atoms with E-state index in [0.29, 0.717) is 11.9 Å². The number of ether oxygens (including phenoxy) is 1. The van der Waals surface area contributed by atoms with E-state index in [1.54, 1.807) is 0 Å². The first kappa shape index (κ1) is 16.3. The van der Waals surface area contributed by atoms with Gasteiger partial charge in [0.2, 0.25) is 5.95 Å². The van der Waals surface area contributed by atoms with Crippen LogP contribution < -0.4 is 5.32 Å². The average Bonchev–Trinajstić information content (AvgIpc) is 3.26. The first-order valence-electron chi connectivity index (χ1n) is 9.37. The van der Waals surface area contributed by atoms with Crippen molar-refractivity contribution in [3.05, 3.63) is 48.3 Å². The maximum Gasteiger partial charge on any atom is 0.247 e. The number of benzene rings is 1. The second-order valence-corrected chi connectivity index (χ2v) is 7.15. The normalized spacial score (nSPS) is 15.6. The number of aryl methyl sites for hydroxylation is 1. The molecule has 7 heteroatoms. The molecule has 0 amide bonds. The fourth-order valence-electron chi connectivity index (χ4n) is 3.78. The second kappa shape index (κ2) is 6.66. The van der Waals surface area contributed by atoms with Crippen LogP contribution in [0.5, 0.6) is 0 Å². The minimum absolute atomic E-state index is 0.609. The summed E-state index contributed by atoms with van der Waals surface area (Å²) in [6.45, 7) is 1.73. The van der Waals surface area contributed by atoms with Crippen LogP contribution in [0.2, 0.25) is 0 Å². The molecule has 3 aromatic heterocycles. The number of rotatable bonds is 4. The van der Waals surface area contributed by atoms with Crippen LogP contribution in [-0.4, -0.2) is 37.6 Å². The lowest BCUT2D eigenvalue weighted by atomic mass is 9.95. The van der Waals surface area contributed by atoms with Crippen molar-refractivity contribution in [3.63, 3.8) is 0 Å². The molecule has 0 radical (unpaired) electrons. The Balaban J connectivity index is 1.42. The highest BCUT2D eigenvalue weighted by molar-refractivity contribution is 5.83. The van der Waals surface area contributed by atoms with E-state index in [4.69, 9.17) is 9.84 Å². The molecule has 0 atom stereocenters. The highest BCUT2D eigenvalue weighted by Gasteiger charge is 2.17. The predicted octanol–water partition coefficient (Wildman–Crippen LogP) is 3.33. The summed E-state index contributed by atoms with van der Waals surface area (Å²) in [6, 6.07) is 12.3. The monoisotopic (exact) mass is 362 g/mol. The summed E-state index contributed by atoms with van der Waals surface area (Å²) in [6.07, 6.45) is 5.09. The van der Waals surface area contributed by atoms with E-state index >= 15 is 0 Å². The summed E-state index contributed by atoms with van der Waals surface area (Å²) >= 11 is 0.